The van der Waals surface area contributed by atoms with E-state index in [9.17, 15) is 4.79 Å². The van der Waals surface area contributed by atoms with Crippen LogP contribution in [0.2, 0.25) is 0 Å². The average molecular weight is 256 g/mol. The lowest BCUT2D eigenvalue weighted by Gasteiger charge is -2.30. The maximum Gasteiger partial charge on any atom is 0.235 e. The van der Waals surface area contributed by atoms with E-state index in [1.54, 1.807) is 0 Å². The molecule has 0 spiro atoms. The van der Waals surface area contributed by atoms with Gasteiger partial charge in [-0.15, -0.1) is 0 Å². The van der Waals surface area contributed by atoms with Crippen molar-refractivity contribution >= 4 is 5.91 Å². The van der Waals surface area contributed by atoms with Crippen molar-refractivity contribution in [3.05, 3.63) is 0 Å². The van der Waals surface area contributed by atoms with Crippen molar-refractivity contribution in [3.63, 3.8) is 0 Å². The monoisotopic (exact) mass is 256 g/mol. The first-order chi connectivity index (χ1) is 8.54. The number of nitrogens with one attached hydrogen (secondary N) is 1. The summed E-state index contributed by atoms with van der Waals surface area (Å²) in [7, 11) is 2.15. The van der Waals surface area contributed by atoms with Crippen molar-refractivity contribution in [1.29, 1.82) is 0 Å². The third-order valence-electron chi connectivity index (χ3n) is 3.59. The van der Waals surface area contributed by atoms with E-state index >= 15 is 0 Å². The summed E-state index contributed by atoms with van der Waals surface area (Å²) in [5.41, 5.74) is 5.47. The molecule has 106 valence electrons. The lowest BCUT2D eigenvalue weighted by Crippen LogP contribution is -2.52. The molecule has 1 amide bonds. The minimum absolute atomic E-state index is 0.226. The van der Waals surface area contributed by atoms with Gasteiger partial charge < -0.3 is 16.0 Å². The molecular weight excluding hydrogens is 228 g/mol. The number of nitrogens with zero attached hydrogens (tertiary/aromatic N) is 2. The van der Waals surface area contributed by atoms with Gasteiger partial charge >= 0.3 is 0 Å². The van der Waals surface area contributed by atoms with Gasteiger partial charge in [0, 0.05) is 19.1 Å². The summed E-state index contributed by atoms with van der Waals surface area (Å²) >= 11 is 0. The molecule has 2 atom stereocenters. The number of amides is 1. The first-order valence-electron chi connectivity index (χ1n) is 6.99. The van der Waals surface area contributed by atoms with Crippen LogP contribution < -0.4 is 11.1 Å². The van der Waals surface area contributed by atoms with Gasteiger partial charge in [0.1, 0.15) is 0 Å². The third kappa shape index (κ3) is 4.92. The second kappa shape index (κ2) is 7.71. The number of hydrogen-bond donors (Lipinski definition) is 2. The normalized spacial score (nSPS) is 24.7. The van der Waals surface area contributed by atoms with Crippen molar-refractivity contribution in [1.82, 2.24) is 15.1 Å². The van der Waals surface area contributed by atoms with E-state index in [0.29, 0.717) is 6.04 Å². The highest BCUT2D eigenvalue weighted by Crippen LogP contribution is 2.09. The summed E-state index contributed by atoms with van der Waals surface area (Å²) in [6.07, 6.45) is 2.17. The Morgan fingerprint density at radius 1 is 1.50 bits per heavy atom. The van der Waals surface area contributed by atoms with Crippen LogP contribution in [0.3, 0.4) is 0 Å². The second-order valence-corrected chi connectivity index (χ2v) is 5.37. The van der Waals surface area contributed by atoms with Crippen LogP contribution >= 0.6 is 0 Å². The standard InChI is InChI=1S/C13H28N4O/c1-4-6-15-12(13(14)18)10-17-8-5-7-16(3)9-11(17)2/h11-12,15H,4-10H2,1-3H3,(H2,14,18). The molecule has 0 aromatic carbocycles. The summed E-state index contributed by atoms with van der Waals surface area (Å²) in [5.74, 6) is -0.242. The lowest BCUT2D eigenvalue weighted by atomic mass is 10.2. The van der Waals surface area contributed by atoms with Crippen molar-refractivity contribution in [2.75, 3.05) is 39.8 Å². The fraction of sp³-hybridized carbons (Fsp3) is 0.923. The molecule has 1 rings (SSSR count). The summed E-state index contributed by atoms with van der Waals surface area (Å²) in [5, 5.41) is 3.24. The fourth-order valence-corrected chi connectivity index (χ4v) is 2.50. The summed E-state index contributed by atoms with van der Waals surface area (Å²) < 4.78 is 0. The fourth-order valence-electron chi connectivity index (χ4n) is 2.50. The van der Waals surface area contributed by atoms with Crippen LogP contribution in [0, 0.1) is 0 Å². The van der Waals surface area contributed by atoms with Crippen LogP contribution in [0.25, 0.3) is 0 Å². The molecule has 1 fully saturated rings. The number of hydrogen-bond acceptors (Lipinski definition) is 4. The van der Waals surface area contributed by atoms with Gasteiger partial charge in [0.2, 0.25) is 5.91 Å². The van der Waals surface area contributed by atoms with E-state index in [-0.39, 0.29) is 11.9 Å². The van der Waals surface area contributed by atoms with Gasteiger partial charge in [-0.3, -0.25) is 9.69 Å². The molecule has 1 saturated heterocycles. The lowest BCUT2D eigenvalue weighted by molar-refractivity contribution is -0.120. The van der Waals surface area contributed by atoms with E-state index in [1.807, 2.05) is 0 Å². The molecule has 5 nitrogen and oxygen atoms in total. The van der Waals surface area contributed by atoms with Crippen LogP contribution in [0.5, 0.6) is 0 Å². The first-order valence-corrected chi connectivity index (χ1v) is 6.99. The number of primary amides is 1. The topological polar surface area (TPSA) is 61.6 Å². The largest absolute Gasteiger partial charge is 0.368 e. The first kappa shape index (κ1) is 15.4. The quantitative estimate of drug-likeness (QED) is 0.695. The minimum Gasteiger partial charge on any atom is -0.368 e. The molecule has 0 aromatic heterocycles. The Morgan fingerprint density at radius 3 is 2.83 bits per heavy atom. The zero-order valence-electron chi connectivity index (χ0n) is 12.0. The molecule has 1 aliphatic rings. The van der Waals surface area contributed by atoms with Gasteiger partial charge in [-0.2, -0.15) is 0 Å². The number of nitrogens with two attached hydrogens (primary N) is 1. The van der Waals surface area contributed by atoms with Gasteiger partial charge in [-0.1, -0.05) is 6.92 Å². The molecule has 3 N–H and O–H groups in total. The van der Waals surface area contributed by atoms with Crippen LogP contribution in [-0.2, 0) is 4.79 Å². The SMILES string of the molecule is CCCNC(CN1CCCN(C)CC1C)C(N)=O. The molecule has 18 heavy (non-hydrogen) atoms. The smallest absolute Gasteiger partial charge is 0.235 e. The highest BCUT2D eigenvalue weighted by atomic mass is 16.1. The molecular formula is C13H28N4O. The van der Waals surface area contributed by atoms with E-state index in [4.69, 9.17) is 5.73 Å². The van der Waals surface area contributed by atoms with E-state index < -0.39 is 0 Å². The molecule has 5 heteroatoms. The van der Waals surface area contributed by atoms with Gasteiger partial charge in [-0.05, 0) is 46.4 Å². The maximum absolute atomic E-state index is 11.5. The van der Waals surface area contributed by atoms with E-state index in [2.05, 4.69) is 36.0 Å². The number of rotatable bonds is 6. The van der Waals surface area contributed by atoms with Gasteiger partial charge in [0.15, 0.2) is 0 Å². The Labute approximate surface area is 111 Å². The zero-order chi connectivity index (χ0) is 13.5. The highest BCUT2D eigenvalue weighted by Gasteiger charge is 2.24. The second-order valence-electron chi connectivity index (χ2n) is 5.37. The molecule has 0 aliphatic carbocycles. The minimum atomic E-state index is -0.242. The molecule has 0 aromatic rings. The van der Waals surface area contributed by atoms with Gasteiger partial charge in [-0.25, -0.2) is 0 Å². The number of likely N-dealkylation sites (N-methyl/N-ethyl adjacent to an activating group) is 1. The molecule has 2 unspecified atom stereocenters. The Bertz CT molecular complexity index is 259. The van der Waals surface area contributed by atoms with Crippen LogP contribution in [-0.4, -0.2) is 67.6 Å². The predicted octanol–water partition coefficient (Wildman–Crippen LogP) is -0.134. The molecule has 0 saturated carbocycles. The Balaban J connectivity index is 2.53. The molecule has 0 bridgehead atoms. The van der Waals surface area contributed by atoms with E-state index in [1.165, 1.54) is 0 Å². The van der Waals surface area contributed by atoms with Crippen molar-refractivity contribution in [2.45, 2.75) is 38.8 Å². The third-order valence-corrected chi connectivity index (χ3v) is 3.59. The maximum atomic E-state index is 11.5. The number of carbonyl (C=O) groups is 1. The summed E-state index contributed by atoms with van der Waals surface area (Å²) in [6, 6.07) is 0.249. The zero-order valence-corrected chi connectivity index (χ0v) is 12.0. The molecule has 1 aliphatic heterocycles. The Hall–Kier alpha value is -0.650. The van der Waals surface area contributed by atoms with Crippen LogP contribution in [0.1, 0.15) is 26.7 Å². The van der Waals surface area contributed by atoms with Gasteiger partial charge in [0.05, 0.1) is 6.04 Å². The van der Waals surface area contributed by atoms with Crippen molar-refractivity contribution in [3.8, 4) is 0 Å². The van der Waals surface area contributed by atoms with Crippen molar-refractivity contribution in [2.24, 2.45) is 5.73 Å². The predicted molar refractivity (Wildman–Crippen MR) is 74.4 cm³/mol. The molecule has 0 radical (unpaired) electrons. The Kier molecular flexibility index (Phi) is 6.60. The van der Waals surface area contributed by atoms with Gasteiger partial charge in [0.25, 0.3) is 0 Å². The Morgan fingerprint density at radius 2 is 2.22 bits per heavy atom. The van der Waals surface area contributed by atoms with Crippen LogP contribution in [0.4, 0.5) is 0 Å². The highest BCUT2D eigenvalue weighted by molar-refractivity contribution is 5.80. The summed E-state index contributed by atoms with van der Waals surface area (Å²) in [6.45, 7) is 9.11. The number of carbonyl (C=O) groups excluding carboxylic acids is 1. The summed E-state index contributed by atoms with van der Waals surface area (Å²) in [4.78, 5) is 16.2. The average Bonchev–Trinajstić information content (AvgIpc) is 2.45. The van der Waals surface area contributed by atoms with Crippen LogP contribution in [0.15, 0.2) is 0 Å². The van der Waals surface area contributed by atoms with E-state index in [0.717, 1.165) is 45.6 Å². The van der Waals surface area contributed by atoms with Crippen molar-refractivity contribution < 1.29 is 4.79 Å². The molecule has 1 heterocycles.